The topological polar surface area (TPSA) is 28.0 Å². The van der Waals surface area contributed by atoms with E-state index in [1.807, 2.05) is 41.8 Å². The van der Waals surface area contributed by atoms with E-state index in [-0.39, 0.29) is 17.9 Å². The molecule has 7 heteroatoms. The van der Waals surface area contributed by atoms with Crippen LogP contribution in [0.4, 0.5) is 18.9 Å². The number of anilines is 1. The molecule has 3 nitrogen and oxygen atoms in total. The lowest BCUT2D eigenvalue weighted by atomic mass is 10.0. The Morgan fingerprint density at radius 2 is 1.85 bits per heavy atom. The lowest BCUT2D eigenvalue weighted by Crippen LogP contribution is -2.15. The molecule has 1 heterocycles. The molecule has 0 radical (unpaired) electrons. The maximum atomic E-state index is 14.6. The van der Waals surface area contributed by atoms with Crippen molar-refractivity contribution >= 4 is 29.1 Å². The molecule has 2 aromatic rings. The Bertz CT molecular complexity index is 848. The molecule has 0 atom stereocenters. The number of hydrogen-bond acceptors (Lipinski definition) is 4. The van der Waals surface area contributed by atoms with E-state index in [0.29, 0.717) is 23.4 Å². The largest absolute Gasteiger partial charge is 0.312 e. The fourth-order valence-electron chi connectivity index (χ4n) is 2.63. The Hall–Kier alpha value is -2.28. The van der Waals surface area contributed by atoms with Crippen LogP contribution in [-0.4, -0.2) is 24.1 Å². The minimum Gasteiger partial charge on any atom is -0.312 e. The van der Waals surface area contributed by atoms with E-state index in [1.165, 1.54) is 18.0 Å². The van der Waals surface area contributed by atoms with Crippen LogP contribution in [0.5, 0.6) is 0 Å². The fourth-order valence-corrected chi connectivity index (χ4v) is 3.23. The van der Waals surface area contributed by atoms with Crippen molar-refractivity contribution in [2.75, 3.05) is 10.6 Å². The number of aryl methyl sites for hydroxylation is 1. The molecule has 0 saturated heterocycles. The fraction of sp³-hybridized carbons (Fsp3) is 0.263. The Morgan fingerprint density at radius 1 is 1.12 bits per heavy atom. The van der Waals surface area contributed by atoms with E-state index in [1.54, 1.807) is 12.1 Å². The average molecular weight is 377 g/mol. The number of halogens is 3. The van der Waals surface area contributed by atoms with Crippen LogP contribution in [0.3, 0.4) is 0 Å². The number of benzene rings is 2. The van der Waals surface area contributed by atoms with Gasteiger partial charge in [0.1, 0.15) is 11.5 Å². The van der Waals surface area contributed by atoms with Crippen molar-refractivity contribution < 1.29 is 13.2 Å². The lowest BCUT2D eigenvalue weighted by molar-refractivity contribution is 0.224. The van der Waals surface area contributed by atoms with Crippen LogP contribution in [0, 0.1) is 12.7 Å². The van der Waals surface area contributed by atoms with Gasteiger partial charge in [0.2, 0.25) is 0 Å². The van der Waals surface area contributed by atoms with Crippen LogP contribution in [0.2, 0.25) is 0 Å². The van der Waals surface area contributed by atoms with Crippen LogP contribution in [-0.2, 0) is 6.54 Å². The summed E-state index contributed by atoms with van der Waals surface area (Å²) in [7, 11) is 0. The van der Waals surface area contributed by atoms with E-state index >= 15 is 0 Å². The lowest BCUT2D eigenvalue weighted by Gasteiger charge is -2.22. The van der Waals surface area contributed by atoms with Crippen molar-refractivity contribution in [3.8, 4) is 0 Å². The molecular formula is C19H18F3N3S. The summed E-state index contributed by atoms with van der Waals surface area (Å²) >= 11 is 1.51. The summed E-state index contributed by atoms with van der Waals surface area (Å²) in [5.41, 5.74) is 3.24. The standard InChI is InChI=1S/C19H18F3N3S/c1-12-3-7-15(8-4-12)25(26-2)11-14-6-5-13(9-16(14)20)17-10-18(19(21)22)24-23-17/h3-9,19H,10-11H2,1-2H3. The first-order chi connectivity index (χ1) is 12.5. The maximum absolute atomic E-state index is 14.6. The van der Waals surface area contributed by atoms with Crippen molar-refractivity contribution in [2.24, 2.45) is 10.2 Å². The van der Waals surface area contributed by atoms with Crippen LogP contribution < -0.4 is 4.31 Å². The van der Waals surface area contributed by atoms with Crippen LogP contribution in [0.15, 0.2) is 52.7 Å². The number of nitrogens with zero attached hydrogens (tertiary/aromatic N) is 3. The van der Waals surface area contributed by atoms with Gasteiger partial charge in [0, 0.05) is 29.5 Å². The molecule has 0 aromatic heterocycles. The van der Waals surface area contributed by atoms with Gasteiger partial charge in [0.25, 0.3) is 6.43 Å². The Kier molecular flexibility index (Phi) is 5.66. The first kappa shape index (κ1) is 18.5. The number of hydrogen-bond donors (Lipinski definition) is 0. The second-order valence-electron chi connectivity index (χ2n) is 5.98. The summed E-state index contributed by atoms with van der Waals surface area (Å²) in [6.45, 7) is 2.40. The summed E-state index contributed by atoms with van der Waals surface area (Å²) in [4.78, 5) is 0. The van der Waals surface area contributed by atoms with Gasteiger partial charge in [-0.2, -0.15) is 10.2 Å². The SMILES string of the molecule is CSN(Cc1ccc(C2=NN=C(C(F)F)C2)cc1F)c1ccc(C)cc1. The molecule has 0 amide bonds. The van der Waals surface area contributed by atoms with E-state index in [9.17, 15) is 13.2 Å². The van der Waals surface area contributed by atoms with Gasteiger partial charge in [-0.3, -0.25) is 0 Å². The third kappa shape index (κ3) is 4.09. The molecule has 0 fully saturated rings. The van der Waals surface area contributed by atoms with Crippen LogP contribution in [0.25, 0.3) is 0 Å². The summed E-state index contributed by atoms with van der Waals surface area (Å²) in [6.07, 6.45) is -0.746. The third-order valence-corrected chi connectivity index (χ3v) is 4.92. The van der Waals surface area contributed by atoms with E-state index < -0.39 is 6.43 Å². The predicted octanol–water partition coefficient (Wildman–Crippen LogP) is 5.23. The highest BCUT2D eigenvalue weighted by molar-refractivity contribution is 7.99. The van der Waals surface area contributed by atoms with Gasteiger partial charge in [-0.1, -0.05) is 41.8 Å². The van der Waals surface area contributed by atoms with Crippen molar-refractivity contribution in [2.45, 2.75) is 26.3 Å². The van der Waals surface area contributed by atoms with Gasteiger partial charge >= 0.3 is 0 Å². The third-order valence-electron chi connectivity index (χ3n) is 4.14. The molecule has 0 bridgehead atoms. The molecule has 1 aliphatic heterocycles. The van der Waals surface area contributed by atoms with Crippen molar-refractivity contribution in [1.82, 2.24) is 0 Å². The van der Waals surface area contributed by atoms with Gasteiger partial charge < -0.3 is 4.31 Å². The normalized spacial score (nSPS) is 13.8. The van der Waals surface area contributed by atoms with E-state index in [4.69, 9.17) is 0 Å². The molecule has 0 N–H and O–H groups in total. The monoisotopic (exact) mass is 377 g/mol. The van der Waals surface area contributed by atoms with Gasteiger partial charge in [-0.15, -0.1) is 0 Å². The zero-order valence-electron chi connectivity index (χ0n) is 14.4. The van der Waals surface area contributed by atoms with Crippen LogP contribution in [0.1, 0.15) is 23.1 Å². The summed E-state index contributed by atoms with van der Waals surface area (Å²) in [6, 6.07) is 12.7. The average Bonchev–Trinajstić information content (AvgIpc) is 3.12. The summed E-state index contributed by atoms with van der Waals surface area (Å²) in [5, 5.41) is 7.23. The minimum atomic E-state index is -2.63. The quantitative estimate of drug-likeness (QED) is 0.645. The molecule has 0 spiro atoms. The molecule has 3 rings (SSSR count). The Morgan fingerprint density at radius 3 is 2.42 bits per heavy atom. The van der Waals surface area contributed by atoms with Gasteiger partial charge in [0.05, 0.1) is 12.3 Å². The highest BCUT2D eigenvalue weighted by Gasteiger charge is 2.22. The van der Waals surface area contributed by atoms with Crippen molar-refractivity contribution in [3.63, 3.8) is 0 Å². The first-order valence-corrected chi connectivity index (χ1v) is 9.24. The molecular weight excluding hydrogens is 359 g/mol. The highest BCUT2D eigenvalue weighted by Crippen LogP contribution is 2.26. The van der Waals surface area contributed by atoms with Gasteiger partial charge in [-0.05, 0) is 25.1 Å². The zero-order chi connectivity index (χ0) is 18.7. The second-order valence-corrected chi connectivity index (χ2v) is 6.78. The summed E-state index contributed by atoms with van der Waals surface area (Å²) in [5.74, 6) is -0.387. The molecule has 2 aromatic carbocycles. The summed E-state index contributed by atoms with van der Waals surface area (Å²) < 4.78 is 41.9. The highest BCUT2D eigenvalue weighted by atomic mass is 32.2. The van der Waals surface area contributed by atoms with E-state index in [0.717, 1.165) is 11.3 Å². The molecule has 0 unspecified atom stereocenters. The second kappa shape index (κ2) is 7.95. The van der Waals surface area contributed by atoms with Gasteiger partial charge in [0.15, 0.2) is 0 Å². The number of rotatable bonds is 6. The molecule has 136 valence electrons. The maximum Gasteiger partial charge on any atom is 0.278 e. The zero-order valence-corrected chi connectivity index (χ0v) is 15.2. The first-order valence-electron chi connectivity index (χ1n) is 8.06. The number of alkyl halides is 2. The molecule has 0 aliphatic carbocycles. The molecule has 0 saturated carbocycles. The smallest absolute Gasteiger partial charge is 0.278 e. The Labute approximate surface area is 154 Å². The minimum absolute atomic E-state index is 0.0449. The predicted molar refractivity (Wildman–Crippen MR) is 102 cm³/mol. The van der Waals surface area contributed by atoms with Crippen molar-refractivity contribution in [3.05, 3.63) is 65.0 Å². The van der Waals surface area contributed by atoms with Crippen molar-refractivity contribution in [1.29, 1.82) is 0 Å². The Balaban J connectivity index is 1.74. The molecule has 1 aliphatic rings. The molecule has 26 heavy (non-hydrogen) atoms. The van der Waals surface area contributed by atoms with E-state index in [2.05, 4.69) is 10.2 Å². The van der Waals surface area contributed by atoms with Crippen LogP contribution >= 0.6 is 11.9 Å². The van der Waals surface area contributed by atoms with Gasteiger partial charge in [-0.25, -0.2) is 13.2 Å².